The van der Waals surface area contributed by atoms with Crippen LogP contribution in [0.4, 0.5) is 5.69 Å². The van der Waals surface area contributed by atoms with Gasteiger partial charge in [0.2, 0.25) is 0 Å². The smallest absolute Gasteiger partial charge is 0.0574 e. The number of aliphatic hydroxyl groups is 1. The minimum Gasteiger partial charge on any atom is -0.393 e. The van der Waals surface area contributed by atoms with Crippen LogP contribution in [0.25, 0.3) is 0 Å². The highest BCUT2D eigenvalue weighted by Gasteiger charge is 2.18. The number of nitrogens with zero attached hydrogens (tertiary/aromatic N) is 1. The van der Waals surface area contributed by atoms with E-state index in [9.17, 15) is 5.11 Å². The van der Waals surface area contributed by atoms with Gasteiger partial charge in [-0.1, -0.05) is 17.7 Å². The Morgan fingerprint density at radius 3 is 2.67 bits per heavy atom. The third-order valence-corrected chi connectivity index (χ3v) is 3.45. The summed E-state index contributed by atoms with van der Waals surface area (Å²) in [7, 11) is 0. The summed E-state index contributed by atoms with van der Waals surface area (Å²) >= 11 is 6.09. The van der Waals surface area contributed by atoms with E-state index in [1.165, 1.54) is 5.69 Å². The summed E-state index contributed by atoms with van der Waals surface area (Å²) < 4.78 is 0. The van der Waals surface area contributed by atoms with E-state index >= 15 is 0 Å². The van der Waals surface area contributed by atoms with Crippen molar-refractivity contribution in [3.63, 3.8) is 0 Å². The first-order valence-corrected chi connectivity index (χ1v) is 5.74. The molecule has 0 spiro atoms. The summed E-state index contributed by atoms with van der Waals surface area (Å²) in [5.41, 5.74) is 2.34. The second-order valence-corrected chi connectivity index (χ2v) is 4.51. The Balaban J connectivity index is 2.19. The fraction of sp³-hybridized carbons (Fsp3) is 0.500. The number of benzene rings is 1. The lowest BCUT2D eigenvalue weighted by atomic mass is 10.1. The molecule has 0 amide bonds. The zero-order valence-electron chi connectivity index (χ0n) is 8.91. The van der Waals surface area contributed by atoms with Gasteiger partial charge in [0.1, 0.15) is 0 Å². The van der Waals surface area contributed by atoms with Gasteiger partial charge in [-0.25, -0.2) is 0 Å². The summed E-state index contributed by atoms with van der Waals surface area (Å²) in [5.74, 6) is 0. The maximum atomic E-state index is 9.45. The van der Waals surface area contributed by atoms with Gasteiger partial charge in [0.25, 0.3) is 0 Å². The highest BCUT2D eigenvalue weighted by molar-refractivity contribution is 6.31. The van der Waals surface area contributed by atoms with E-state index in [2.05, 4.69) is 11.0 Å². The summed E-state index contributed by atoms with van der Waals surface area (Å²) in [6.45, 7) is 3.88. The lowest BCUT2D eigenvalue weighted by molar-refractivity contribution is 0.145. The summed E-state index contributed by atoms with van der Waals surface area (Å²) in [6.07, 6.45) is 1.58. The highest BCUT2D eigenvalue weighted by atomic mass is 35.5. The van der Waals surface area contributed by atoms with Gasteiger partial charge in [0.15, 0.2) is 0 Å². The van der Waals surface area contributed by atoms with E-state index in [4.69, 9.17) is 11.6 Å². The van der Waals surface area contributed by atoms with Crippen LogP contribution in [-0.4, -0.2) is 24.3 Å². The Labute approximate surface area is 95.5 Å². The van der Waals surface area contributed by atoms with Crippen LogP contribution in [0.1, 0.15) is 18.4 Å². The number of hydrogen-bond acceptors (Lipinski definition) is 2. The molecule has 0 saturated carbocycles. The molecule has 1 fully saturated rings. The summed E-state index contributed by atoms with van der Waals surface area (Å²) in [4.78, 5) is 2.30. The van der Waals surface area contributed by atoms with Gasteiger partial charge in [-0.05, 0) is 37.5 Å². The Morgan fingerprint density at radius 2 is 2.00 bits per heavy atom. The normalized spacial score (nSPS) is 18.2. The molecule has 0 aliphatic carbocycles. The van der Waals surface area contributed by atoms with Crippen molar-refractivity contribution in [1.29, 1.82) is 0 Å². The lowest BCUT2D eigenvalue weighted by Gasteiger charge is -2.32. The largest absolute Gasteiger partial charge is 0.393 e. The number of aliphatic hydroxyl groups excluding tert-OH is 1. The molecule has 82 valence electrons. The average molecular weight is 226 g/mol. The van der Waals surface area contributed by atoms with Crippen molar-refractivity contribution in [3.05, 3.63) is 28.8 Å². The molecule has 1 N–H and O–H groups in total. The first kappa shape index (κ1) is 10.8. The molecule has 1 aromatic carbocycles. The second-order valence-electron chi connectivity index (χ2n) is 4.10. The molecular weight excluding hydrogens is 210 g/mol. The van der Waals surface area contributed by atoms with Crippen LogP contribution in [0, 0.1) is 6.92 Å². The van der Waals surface area contributed by atoms with Crippen LogP contribution in [0.2, 0.25) is 5.02 Å². The van der Waals surface area contributed by atoms with Gasteiger partial charge in [-0.15, -0.1) is 0 Å². The van der Waals surface area contributed by atoms with Crippen molar-refractivity contribution >= 4 is 17.3 Å². The van der Waals surface area contributed by atoms with Crippen molar-refractivity contribution < 1.29 is 5.11 Å². The van der Waals surface area contributed by atoms with Gasteiger partial charge in [-0.3, -0.25) is 0 Å². The Hall–Kier alpha value is -0.730. The Kier molecular flexibility index (Phi) is 3.17. The van der Waals surface area contributed by atoms with E-state index in [1.54, 1.807) is 0 Å². The zero-order chi connectivity index (χ0) is 10.8. The number of hydrogen-bond donors (Lipinski definition) is 1. The van der Waals surface area contributed by atoms with Crippen molar-refractivity contribution in [3.8, 4) is 0 Å². The number of anilines is 1. The molecule has 3 heteroatoms. The van der Waals surface area contributed by atoms with Crippen molar-refractivity contribution in [2.45, 2.75) is 25.9 Å². The fourth-order valence-corrected chi connectivity index (χ4v) is 2.21. The fourth-order valence-electron chi connectivity index (χ4n) is 2.05. The van der Waals surface area contributed by atoms with Crippen molar-refractivity contribution in [2.75, 3.05) is 18.0 Å². The standard InChI is InChI=1S/C12H16ClNO/c1-9-11(13)3-2-4-12(9)14-7-5-10(15)6-8-14/h2-4,10,15H,5-8H2,1H3. The molecule has 0 atom stereocenters. The molecule has 15 heavy (non-hydrogen) atoms. The van der Waals surface area contributed by atoms with Gasteiger partial charge < -0.3 is 10.0 Å². The van der Waals surface area contributed by atoms with E-state index < -0.39 is 0 Å². The molecule has 1 aromatic rings. The van der Waals surface area contributed by atoms with Crippen LogP contribution in [0.15, 0.2) is 18.2 Å². The molecule has 1 heterocycles. The van der Waals surface area contributed by atoms with Crippen molar-refractivity contribution in [1.82, 2.24) is 0 Å². The van der Waals surface area contributed by atoms with Gasteiger partial charge >= 0.3 is 0 Å². The first-order valence-electron chi connectivity index (χ1n) is 5.36. The van der Waals surface area contributed by atoms with Gasteiger partial charge in [0, 0.05) is 23.8 Å². The molecule has 2 nitrogen and oxygen atoms in total. The first-order chi connectivity index (χ1) is 7.18. The van der Waals surface area contributed by atoms with Crippen LogP contribution >= 0.6 is 11.6 Å². The molecule has 0 bridgehead atoms. The predicted octanol–water partition coefficient (Wildman–Crippen LogP) is 2.61. The topological polar surface area (TPSA) is 23.5 Å². The third kappa shape index (κ3) is 2.27. The zero-order valence-corrected chi connectivity index (χ0v) is 9.67. The van der Waals surface area contributed by atoms with E-state index in [0.717, 1.165) is 36.5 Å². The molecule has 0 unspecified atom stereocenters. The van der Waals surface area contributed by atoms with Crippen LogP contribution in [-0.2, 0) is 0 Å². The quantitative estimate of drug-likeness (QED) is 0.794. The lowest BCUT2D eigenvalue weighted by Crippen LogP contribution is -2.36. The van der Waals surface area contributed by atoms with E-state index in [0.29, 0.717) is 0 Å². The number of piperidine rings is 1. The van der Waals surface area contributed by atoms with Crippen LogP contribution in [0.5, 0.6) is 0 Å². The maximum absolute atomic E-state index is 9.45. The predicted molar refractivity (Wildman–Crippen MR) is 63.6 cm³/mol. The van der Waals surface area contributed by atoms with E-state index in [1.807, 2.05) is 19.1 Å². The molecule has 1 aliphatic rings. The monoisotopic (exact) mass is 225 g/mol. The Bertz CT molecular complexity index is 345. The SMILES string of the molecule is Cc1c(Cl)cccc1N1CCC(O)CC1. The molecule has 0 aromatic heterocycles. The maximum Gasteiger partial charge on any atom is 0.0574 e. The van der Waals surface area contributed by atoms with Gasteiger partial charge in [0.05, 0.1) is 6.10 Å². The average Bonchev–Trinajstić information content (AvgIpc) is 2.24. The molecule has 1 saturated heterocycles. The molecule has 2 rings (SSSR count). The summed E-state index contributed by atoms with van der Waals surface area (Å²) in [5, 5.41) is 10.3. The highest BCUT2D eigenvalue weighted by Crippen LogP contribution is 2.28. The molecule has 0 radical (unpaired) electrons. The van der Waals surface area contributed by atoms with Crippen LogP contribution in [0.3, 0.4) is 0 Å². The minimum atomic E-state index is -0.124. The minimum absolute atomic E-state index is 0.124. The number of rotatable bonds is 1. The van der Waals surface area contributed by atoms with Crippen molar-refractivity contribution in [2.24, 2.45) is 0 Å². The second kappa shape index (κ2) is 4.42. The third-order valence-electron chi connectivity index (χ3n) is 3.04. The molecule has 1 aliphatic heterocycles. The Morgan fingerprint density at radius 1 is 1.33 bits per heavy atom. The molecular formula is C12H16ClNO. The van der Waals surface area contributed by atoms with E-state index in [-0.39, 0.29) is 6.10 Å². The number of halogens is 1. The summed E-state index contributed by atoms with van der Waals surface area (Å²) in [6, 6.07) is 5.99. The van der Waals surface area contributed by atoms with Crippen LogP contribution < -0.4 is 4.90 Å². The van der Waals surface area contributed by atoms with Gasteiger partial charge in [-0.2, -0.15) is 0 Å².